The molecule has 0 spiro atoms. The van der Waals surface area contributed by atoms with Crippen LogP contribution in [0.1, 0.15) is 59.1 Å². The van der Waals surface area contributed by atoms with Crippen molar-refractivity contribution in [3.05, 3.63) is 46.1 Å². The molecule has 2 aromatic rings. The number of pyridine rings is 1. The van der Waals surface area contributed by atoms with Crippen molar-refractivity contribution in [1.82, 2.24) is 9.88 Å². The number of halogens is 2. The van der Waals surface area contributed by atoms with E-state index in [2.05, 4.69) is 53.0 Å². The summed E-state index contributed by atoms with van der Waals surface area (Å²) in [6.07, 6.45) is 2.56. The van der Waals surface area contributed by atoms with Gasteiger partial charge in [0.15, 0.2) is 5.82 Å². The van der Waals surface area contributed by atoms with Gasteiger partial charge in [0.2, 0.25) is 0 Å². The summed E-state index contributed by atoms with van der Waals surface area (Å²) >= 11 is 12.3. The van der Waals surface area contributed by atoms with E-state index in [0.29, 0.717) is 34.7 Å². The monoisotopic (exact) mass is 523 g/mol. The van der Waals surface area contributed by atoms with Crippen LogP contribution in [-0.4, -0.2) is 55.8 Å². The molecule has 1 aromatic heterocycles. The quantitative estimate of drug-likeness (QED) is 0.422. The van der Waals surface area contributed by atoms with Crippen LogP contribution < -0.4 is 16.0 Å². The lowest BCUT2D eigenvalue weighted by Gasteiger charge is -2.46. The molecule has 2 fully saturated rings. The fraction of sp³-hybridized carbons (Fsp3) is 0.593. The van der Waals surface area contributed by atoms with Crippen molar-refractivity contribution < 1.29 is 4.74 Å². The highest BCUT2D eigenvalue weighted by atomic mass is 35.5. The number of ether oxygens (including phenoxy) is 1. The largest absolute Gasteiger partial charge is 0.394 e. The SMILES string of the molecule is C1CCOC1.CC.CNc1nc(Cl)cc(N2CCN(C(c3ccc(Cl)cc3)C(C)C)CC2C)c1N. The van der Waals surface area contributed by atoms with E-state index in [9.17, 15) is 0 Å². The topological polar surface area (TPSA) is 66.7 Å². The van der Waals surface area contributed by atoms with E-state index in [1.54, 1.807) is 7.05 Å². The first kappa shape index (κ1) is 29.5. The predicted molar refractivity (Wildman–Crippen MR) is 152 cm³/mol. The summed E-state index contributed by atoms with van der Waals surface area (Å²) in [5.41, 5.74) is 9.25. The lowest BCUT2D eigenvalue weighted by molar-refractivity contribution is 0.130. The normalized spacial score (nSPS) is 18.9. The van der Waals surface area contributed by atoms with Crippen LogP contribution in [0.3, 0.4) is 0 Å². The van der Waals surface area contributed by atoms with Gasteiger partial charge >= 0.3 is 0 Å². The number of aromatic nitrogens is 1. The Morgan fingerprint density at radius 2 is 1.71 bits per heavy atom. The van der Waals surface area contributed by atoms with Gasteiger partial charge in [-0.25, -0.2) is 4.98 Å². The molecule has 6 nitrogen and oxygen atoms in total. The lowest BCUT2D eigenvalue weighted by atomic mass is 9.93. The third-order valence-electron chi connectivity index (χ3n) is 6.27. The molecule has 2 atom stereocenters. The van der Waals surface area contributed by atoms with Crippen LogP contribution in [0, 0.1) is 5.92 Å². The lowest BCUT2D eigenvalue weighted by Crippen LogP contribution is -2.53. The molecule has 2 unspecified atom stereocenters. The number of nitrogen functional groups attached to an aromatic ring is 1. The predicted octanol–water partition coefficient (Wildman–Crippen LogP) is 6.74. The minimum atomic E-state index is 0.299. The Balaban J connectivity index is 0.000000538. The third-order valence-corrected chi connectivity index (χ3v) is 6.72. The van der Waals surface area contributed by atoms with E-state index >= 15 is 0 Å². The van der Waals surface area contributed by atoms with Gasteiger partial charge in [0.25, 0.3) is 0 Å². The second-order valence-corrected chi connectivity index (χ2v) is 9.90. The molecule has 35 heavy (non-hydrogen) atoms. The molecule has 0 bridgehead atoms. The molecule has 0 amide bonds. The van der Waals surface area contributed by atoms with Crippen molar-refractivity contribution in [2.24, 2.45) is 5.92 Å². The highest BCUT2D eigenvalue weighted by Crippen LogP contribution is 2.36. The Hall–Kier alpha value is -1.73. The minimum Gasteiger partial charge on any atom is -0.394 e. The number of nitrogens with one attached hydrogen (secondary N) is 1. The van der Waals surface area contributed by atoms with Gasteiger partial charge in [-0.3, -0.25) is 4.90 Å². The number of hydrogen-bond donors (Lipinski definition) is 2. The Morgan fingerprint density at radius 3 is 2.20 bits per heavy atom. The van der Waals surface area contributed by atoms with Gasteiger partial charge in [-0.05, 0) is 43.4 Å². The number of benzene rings is 1. The number of anilines is 3. The molecule has 0 radical (unpaired) electrons. The smallest absolute Gasteiger partial charge is 0.152 e. The fourth-order valence-electron chi connectivity index (χ4n) is 4.72. The maximum atomic E-state index is 6.35. The van der Waals surface area contributed by atoms with Gasteiger partial charge < -0.3 is 20.7 Å². The number of rotatable bonds is 5. The van der Waals surface area contributed by atoms with Crippen molar-refractivity contribution in [2.75, 3.05) is 55.8 Å². The van der Waals surface area contributed by atoms with Crippen LogP contribution >= 0.6 is 23.2 Å². The molecule has 3 N–H and O–H groups in total. The Bertz CT molecular complexity index is 882. The third kappa shape index (κ3) is 8.14. The Labute approximate surface area is 222 Å². The molecule has 2 aliphatic heterocycles. The molecular weight excluding hydrogens is 481 g/mol. The highest BCUT2D eigenvalue weighted by Gasteiger charge is 2.32. The molecular formula is C27H43Cl2N5O. The van der Waals surface area contributed by atoms with E-state index < -0.39 is 0 Å². The van der Waals surface area contributed by atoms with Crippen molar-refractivity contribution in [2.45, 2.75) is 59.5 Å². The van der Waals surface area contributed by atoms with Gasteiger partial charge in [0, 0.05) is 63.1 Å². The first-order valence-corrected chi connectivity index (χ1v) is 13.5. The highest BCUT2D eigenvalue weighted by molar-refractivity contribution is 6.30. The summed E-state index contributed by atoms with van der Waals surface area (Å²) in [5, 5.41) is 4.25. The summed E-state index contributed by atoms with van der Waals surface area (Å²) in [6.45, 7) is 15.6. The van der Waals surface area contributed by atoms with Gasteiger partial charge in [-0.1, -0.05) is 63.0 Å². The maximum absolute atomic E-state index is 6.35. The molecule has 2 aliphatic rings. The van der Waals surface area contributed by atoms with Gasteiger partial charge in [0.1, 0.15) is 5.15 Å². The average Bonchev–Trinajstić information content (AvgIpc) is 3.44. The zero-order valence-electron chi connectivity index (χ0n) is 22.2. The van der Waals surface area contributed by atoms with E-state index in [1.165, 1.54) is 18.4 Å². The van der Waals surface area contributed by atoms with E-state index in [0.717, 1.165) is 43.6 Å². The average molecular weight is 525 g/mol. The zero-order valence-corrected chi connectivity index (χ0v) is 23.7. The maximum Gasteiger partial charge on any atom is 0.152 e. The first-order valence-electron chi connectivity index (χ1n) is 12.8. The van der Waals surface area contributed by atoms with Crippen molar-refractivity contribution in [3.8, 4) is 0 Å². The Morgan fingerprint density at radius 1 is 1.09 bits per heavy atom. The number of nitrogens with two attached hydrogens (primary N) is 1. The van der Waals surface area contributed by atoms with Crippen LogP contribution in [0.4, 0.5) is 17.2 Å². The van der Waals surface area contributed by atoms with Gasteiger partial charge in [-0.2, -0.15) is 0 Å². The van der Waals surface area contributed by atoms with Gasteiger partial charge in [0.05, 0.1) is 11.4 Å². The molecule has 8 heteroatoms. The summed E-state index contributed by atoms with van der Waals surface area (Å²) < 4.78 is 4.94. The second-order valence-electron chi connectivity index (χ2n) is 9.07. The number of piperazine rings is 1. The molecule has 196 valence electrons. The van der Waals surface area contributed by atoms with Crippen molar-refractivity contribution >= 4 is 40.4 Å². The summed E-state index contributed by atoms with van der Waals surface area (Å²) in [7, 11) is 1.81. The molecule has 3 heterocycles. The summed E-state index contributed by atoms with van der Waals surface area (Å²) in [5.74, 6) is 1.12. The molecule has 0 saturated carbocycles. The first-order chi connectivity index (χ1) is 16.8. The molecule has 1 aromatic carbocycles. The fourth-order valence-corrected chi connectivity index (χ4v) is 5.04. The zero-order chi connectivity index (χ0) is 26.0. The molecule has 4 rings (SSSR count). The van der Waals surface area contributed by atoms with Crippen LogP contribution in [0.5, 0.6) is 0 Å². The number of hydrogen-bond acceptors (Lipinski definition) is 6. The second kappa shape index (κ2) is 14.7. The van der Waals surface area contributed by atoms with Crippen LogP contribution in [0.25, 0.3) is 0 Å². The van der Waals surface area contributed by atoms with Crippen molar-refractivity contribution in [1.29, 1.82) is 0 Å². The minimum absolute atomic E-state index is 0.299. The van der Waals surface area contributed by atoms with Crippen LogP contribution in [0.2, 0.25) is 10.2 Å². The van der Waals surface area contributed by atoms with E-state index in [4.69, 9.17) is 33.7 Å². The summed E-state index contributed by atoms with van der Waals surface area (Å²) in [6, 6.07) is 10.8. The number of nitrogens with zero attached hydrogens (tertiary/aromatic N) is 3. The van der Waals surface area contributed by atoms with E-state index in [1.807, 2.05) is 32.0 Å². The van der Waals surface area contributed by atoms with Gasteiger partial charge in [-0.15, -0.1) is 0 Å². The Kier molecular flexibility index (Phi) is 12.4. The van der Waals surface area contributed by atoms with E-state index in [-0.39, 0.29) is 0 Å². The van der Waals surface area contributed by atoms with Crippen LogP contribution in [-0.2, 0) is 4.74 Å². The molecule has 2 saturated heterocycles. The standard InChI is InChI=1S/C21H29Cl2N5.C4H8O.C2H6/c1-13(2)20(15-5-7-16(22)8-6-15)27-9-10-28(14(3)12-27)17-11-18(23)26-21(25-4)19(17)24;1-2-4-5-3-1;1-2/h5-8,11,13-14,20H,9-10,12,24H2,1-4H3,(H,25,26);1-4H2;1-2H3. The summed E-state index contributed by atoms with van der Waals surface area (Å²) in [4.78, 5) is 9.16. The molecule has 0 aliphatic carbocycles. The van der Waals surface area contributed by atoms with Crippen molar-refractivity contribution in [3.63, 3.8) is 0 Å². The van der Waals surface area contributed by atoms with Crippen LogP contribution in [0.15, 0.2) is 30.3 Å².